The average molecular weight is 287 g/mol. The molecule has 1 aromatic rings. The Kier molecular flexibility index (Phi) is 3.77. The molecule has 7 heteroatoms. The molecule has 1 aromatic heterocycles. The van der Waals surface area contributed by atoms with Crippen LogP contribution in [-0.2, 0) is 9.59 Å². The molecular weight excluding hydrogens is 276 g/mol. The van der Waals surface area contributed by atoms with E-state index in [2.05, 4.69) is 4.98 Å². The van der Waals surface area contributed by atoms with Gasteiger partial charge in [0.1, 0.15) is 5.69 Å². The Balaban J connectivity index is 2.24. The highest BCUT2D eigenvalue weighted by Crippen LogP contribution is 2.27. The molecule has 0 aliphatic carbocycles. The molecule has 0 bridgehead atoms. The predicted molar refractivity (Wildman–Crippen MR) is 71.1 cm³/mol. The number of hydrogen-bond acceptors (Lipinski definition) is 4. The molecule has 1 atom stereocenters. The maximum absolute atomic E-state index is 11.8. The van der Waals surface area contributed by atoms with Crippen molar-refractivity contribution < 1.29 is 9.59 Å². The lowest BCUT2D eigenvalue weighted by molar-refractivity contribution is -0.117. The van der Waals surface area contributed by atoms with Crippen LogP contribution in [0.3, 0.4) is 0 Å². The van der Waals surface area contributed by atoms with Gasteiger partial charge in [0.2, 0.25) is 5.91 Å². The molecule has 1 fully saturated rings. The van der Waals surface area contributed by atoms with Crippen LogP contribution in [0.4, 0.5) is 5.69 Å². The third-order valence-corrected chi connectivity index (χ3v) is 3.76. The molecule has 1 saturated heterocycles. The van der Waals surface area contributed by atoms with Crippen LogP contribution in [0.1, 0.15) is 13.3 Å². The van der Waals surface area contributed by atoms with Gasteiger partial charge in [0, 0.05) is 31.3 Å². The zero-order valence-electron chi connectivity index (χ0n) is 9.60. The van der Waals surface area contributed by atoms with Gasteiger partial charge >= 0.3 is 0 Å². The number of pyridine rings is 1. The summed E-state index contributed by atoms with van der Waals surface area (Å²) in [5.41, 5.74) is -0.125. The second-order valence-corrected chi connectivity index (χ2v) is 5.89. The highest BCUT2D eigenvalue weighted by atomic mass is 35.5. The van der Waals surface area contributed by atoms with E-state index in [4.69, 9.17) is 11.6 Å². The van der Waals surface area contributed by atoms with Crippen LogP contribution in [-0.4, -0.2) is 27.8 Å². The van der Waals surface area contributed by atoms with Crippen molar-refractivity contribution in [3.63, 3.8) is 0 Å². The van der Waals surface area contributed by atoms with Gasteiger partial charge in [-0.2, -0.15) is 0 Å². The fourth-order valence-corrected chi connectivity index (χ4v) is 2.94. The van der Waals surface area contributed by atoms with Crippen LogP contribution in [0.15, 0.2) is 17.1 Å². The SMILES string of the molecule is CC(=O)SC1CC(=O)N(c2cc(Cl)c[nH]c2=O)C1. The van der Waals surface area contributed by atoms with Crippen molar-refractivity contribution in [1.29, 1.82) is 0 Å². The topological polar surface area (TPSA) is 70.2 Å². The normalized spacial score (nSPS) is 19.3. The number of halogens is 1. The van der Waals surface area contributed by atoms with Gasteiger partial charge in [0.25, 0.3) is 5.56 Å². The number of aromatic amines is 1. The molecular formula is C11H11ClN2O3S. The van der Waals surface area contributed by atoms with E-state index in [1.54, 1.807) is 0 Å². The summed E-state index contributed by atoms with van der Waals surface area (Å²) in [6, 6.07) is 1.46. The standard InChI is InChI=1S/C11H11ClN2O3S/c1-6(15)18-8-3-10(16)14(5-8)9-2-7(12)4-13-11(9)17/h2,4,8H,3,5H2,1H3,(H,13,17). The van der Waals surface area contributed by atoms with E-state index in [1.807, 2.05) is 0 Å². The first-order valence-corrected chi connectivity index (χ1v) is 6.59. The average Bonchev–Trinajstić information content (AvgIpc) is 2.62. The molecule has 2 heterocycles. The van der Waals surface area contributed by atoms with Crippen molar-refractivity contribution in [2.45, 2.75) is 18.6 Å². The Labute approximate surface area is 113 Å². The number of hydrogen-bond donors (Lipinski definition) is 1. The van der Waals surface area contributed by atoms with Gasteiger partial charge in [-0.15, -0.1) is 0 Å². The molecule has 1 aliphatic rings. The van der Waals surface area contributed by atoms with E-state index in [-0.39, 0.29) is 33.9 Å². The Bertz CT molecular complexity index is 557. The number of amides is 1. The Morgan fingerprint density at radius 3 is 2.94 bits per heavy atom. The number of H-pyrrole nitrogens is 1. The molecule has 96 valence electrons. The second kappa shape index (κ2) is 5.16. The van der Waals surface area contributed by atoms with Crippen LogP contribution in [0, 0.1) is 0 Å². The lowest BCUT2D eigenvalue weighted by Gasteiger charge is -2.15. The molecule has 2 rings (SSSR count). The molecule has 0 spiro atoms. The van der Waals surface area contributed by atoms with Gasteiger partial charge in [0.05, 0.1) is 5.02 Å². The lowest BCUT2D eigenvalue weighted by Crippen LogP contribution is -2.30. The van der Waals surface area contributed by atoms with Crippen LogP contribution in [0.25, 0.3) is 0 Å². The van der Waals surface area contributed by atoms with Crippen molar-refractivity contribution in [2.24, 2.45) is 0 Å². The number of thioether (sulfide) groups is 1. The number of nitrogens with zero attached hydrogens (tertiary/aromatic N) is 1. The number of nitrogens with one attached hydrogen (secondary N) is 1. The van der Waals surface area contributed by atoms with Crippen LogP contribution in [0.5, 0.6) is 0 Å². The molecule has 0 saturated carbocycles. The van der Waals surface area contributed by atoms with Crippen molar-refractivity contribution in [3.05, 3.63) is 27.6 Å². The van der Waals surface area contributed by atoms with Crippen molar-refractivity contribution in [2.75, 3.05) is 11.4 Å². The zero-order chi connectivity index (χ0) is 13.3. The molecule has 18 heavy (non-hydrogen) atoms. The Morgan fingerprint density at radius 2 is 2.28 bits per heavy atom. The van der Waals surface area contributed by atoms with Gasteiger partial charge in [-0.3, -0.25) is 14.4 Å². The molecule has 0 aromatic carbocycles. The molecule has 0 radical (unpaired) electrons. The number of anilines is 1. The number of rotatable bonds is 2. The monoisotopic (exact) mass is 286 g/mol. The van der Waals surface area contributed by atoms with Gasteiger partial charge in [-0.1, -0.05) is 23.4 Å². The van der Waals surface area contributed by atoms with Gasteiger partial charge in [0.15, 0.2) is 5.12 Å². The first kappa shape index (κ1) is 13.2. The van der Waals surface area contributed by atoms with E-state index in [0.29, 0.717) is 11.6 Å². The molecule has 5 nitrogen and oxygen atoms in total. The van der Waals surface area contributed by atoms with Crippen molar-refractivity contribution in [1.82, 2.24) is 4.98 Å². The van der Waals surface area contributed by atoms with Crippen LogP contribution < -0.4 is 10.5 Å². The van der Waals surface area contributed by atoms with Gasteiger partial charge < -0.3 is 9.88 Å². The zero-order valence-corrected chi connectivity index (χ0v) is 11.2. The quantitative estimate of drug-likeness (QED) is 0.892. The summed E-state index contributed by atoms with van der Waals surface area (Å²) in [4.78, 5) is 38.3. The smallest absolute Gasteiger partial charge is 0.272 e. The van der Waals surface area contributed by atoms with Crippen LogP contribution in [0.2, 0.25) is 5.02 Å². The molecule has 1 unspecified atom stereocenters. The third-order valence-electron chi connectivity index (χ3n) is 2.56. The highest BCUT2D eigenvalue weighted by molar-refractivity contribution is 8.14. The minimum Gasteiger partial charge on any atom is -0.326 e. The highest BCUT2D eigenvalue weighted by Gasteiger charge is 2.33. The van der Waals surface area contributed by atoms with Gasteiger partial charge in [-0.05, 0) is 6.07 Å². The van der Waals surface area contributed by atoms with Gasteiger partial charge in [-0.25, -0.2) is 0 Å². The minimum absolute atomic E-state index is 0.0327. The number of aromatic nitrogens is 1. The van der Waals surface area contributed by atoms with Crippen molar-refractivity contribution in [3.8, 4) is 0 Å². The van der Waals surface area contributed by atoms with E-state index >= 15 is 0 Å². The molecule has 1 aliphatic heterocycles. The summed E-state index contributed by atoms with van der Waals surface area (Å²) >= 11 is 6.92. The lowest BCUT2D eigenvalue weighted by atomic mass is 10.4. The second-order valence-electron chi connectivity index (χ2n) is 3.97. The first-order valence-electron chi connectivity index (χ1n) is 5.33. The Hall–Kier alpha value is -1.27. The first-order chi connectivity index (χ1) is 8.47. The maximum atomic E-state index is 11.8. The third kappa shape index (κ3) is 2.76. The molecule has 1 N–H and O–H groups in total. The predicted octanol–water partition coefficient (Wildman–Crippen LogP) is 1.41. The van der Waals surface area contributed by atoms with E-state index in [9.17, 15) is 14.4 Å². The maximum Gasteiger partial charge on any atom is 0.272 e. The number of carbonyl (C=O) groups excluding carboxylic acids is 2. The number of carbonyl (C=O) groups is 2. The summed E-state index contributed by atoms with van der Waals surface area (Å²) in [7, 11) is 0. The van der Waals surface area contributed by atoms with E-state index < -0.39 is 0 Å². The summed E-state index contributed by atoms with van der Waals surface area (Å²) in [5.74, 6) is -0.165. The van der Waals surface area contributed by atoms with Crippen LogP contribution >= 0.6 is 23.4 Å². The molecule has 1 amide bonds. The van der Waals surface area contributed by atoms with E-state index in [1.165, 1.54) is 24.1 Å². The summed E-state index contributed by atoms with van der Waals surface area (Å²) < 4.78 is 0. The summed E-state index contributed by atoms with van der Waals surface area (Å²) in [5, 5.41) is 0.225. The summed E-state index contributed by atoms with van der Waals surface area (Å²) in [6.07, 6.45) is 1.63. The fourth-order valence-electron chi connectivity index (χ4n) is 1.87. The fraction of sp³-hybridized carbons (Fsp3) is 0.364. The Morgan fingerprint density at radius 1 is 1.56 bits per heavy atom. The van der Waals surface area contributed by atoms with E-state index in [0.717, 1.165) is 11.8 Å². The minimum atomic E-state index is -0.360. The largest absolute Gasteiger partial charge is 0.326 e. The summed E-state index contributed by atoms with van der Waals surface area (Å²) in [6.45, 7) is 1.82. The van der Waals surface area contributed by atoms with Crippen molar-refractivity contribution >= 4 is 40.1 Å².